The summed E-state index contributed by atoms with van der Waals surface area (Å²) in [5, 5.41) is 2.63. The van der Waals surface area contributed by atoms with Gasteiger partial charge in [-0.25, -0.2) is 17.6 Å². The number of hydrogen-bond donors (Lipinski definition) is 1. The van der Waals surface area contributed by atoms with Crippen LogP contribution in [0.3, 0.4) is 0 Å². The smallest absolute Gasteiger partial charge is 0.338 e. The van der Waals surface area contributed by atoms with E-state index in [0.717, 1.165) is 34.8 Å². The van der Waals surface area contributed by atoms with Gasteiger partial charge in [0, 0.05) is 5.69 Å². The molecule has 0 bridgehead atoms. The Morgan fingerprint density at radius 2 is 1.57 bits per heavy atom. The summed E-state index contributed by atoms with van der Waals surface area (Å²) in [4.78, 5) is 24.8. The van der Waals surface area contributed by atoms with Gasteiger partial charge in [-0.3, -0.25) is 9.10 Å². The van der Waals surface area contributed by atoms with Crippen LogP contribution in [0.2, 0.25) is 0 Å². The predicted molar refractivity (Wildman–Crippen MR) is 132 cm³/mol. The second kappa shape index (κ2) is 11.6. The van der Waals surface area contributed by atoms with Gasteiger partial charge in [0.2, 0.25) is 5.91 Å². The van der Waals surface area contributed by atoms with Gasteiger partial charge in [-0.05, 0) is 74.0 Å². The van der Waals surface area contributed by atoms with Crippen molar-refractivity contribution < 1.29 is 27.1 Å². The Labute approximate surface area is 204 Å². The lowest BCUT2D eigenvalue weighted by atomic mass is 10.2. The molecule has 0 aliphatic rings. The summed E-state index contributed by atoms with van der Waals surface area (Å²) in [5.41, 5.74) is 1.75. The lowest BCUT2D eigenvalue weighted by molar-refractivity contribution is -0.114. The van der Waals surface area contributed by atoms with Crippen molar-refractivity contribution >= 4 is 33.3 Å². The van der Waals surface area contributed by atoms with Crippen molar-refractivity contribution in [1.29, 1.82) is 0 Å². The maximum Gasteiger partial charge on any atom is 0.338 e. The van der Waals surface area contributed by atoms with Gasteiger partial charge in [0.05, 0.1) is 22.8 Å². The van der Waals surface area contributed by atoms with Crippen molar-refractivity contribution in [2.24, 2.45) is 0 Å². The molecule has 0 saturated carbocycles. The minimum absolute atomic E-state index is 0.00571. The molecule has 3 aromatic rings. The second-order valence-corrected chi connectivity index (χ2v) is 9.78. The fraction of sp³-hybridized carbons (Fsp3) is 0.231. The van der Waals surface area contributed by atoms with Crippen LogP contribution in [-0.2, 0) is 19.6 Å². The first-order valence-electron chi connectivity index (χ1n) is 11.1. The van der Waals surface area contributed by atoms with Gasteiger partial charge in [-0.15, -0.1) is 0 Å². The van der Waals surface area contributed by atoms with Crippen LogP contribution in [0.15, 0.2) is 77.7 Å². The van der Waals surface area contributed by atoms with Gasteiger partial charge < -0.3 is 10.1 Å². The number of benzene rings is 3. The first-order chi connectivity index (χ1) is 16.7. The molecule has 0 aliphatic carbocycles. The zero-order valence-corrected chi connectivity index (χ0v) is 20.3. The van der Waals surface area contributed by atoms with Crippen molar-refractivity contribution in [3.63, 3.8) is 0 Å². The summed E-state index contributed by atoms with van der Waals surface area (Å²) in [5.74, 6) is -1.59. The lowest BCUT2D eigenvalue weighted by Gasteiger charge is -2.24. The van der Waals surface area contributed by atoms with E-state index < -0.39 is 34.3 Å². The van der Waals surface area contributed by atoms with Crippen molar-refractivity contribution in [2.75, 3.05) is 22.8 Å². The molecule has 0 saturated heterocycles. The zero-order chi connectivity index (χ0) is 25.4. The molecule has 0 spiro atoms. The summed E-state index contributed by atoms with van der Waals surface area (Å²) >= 11 is 0. The van der Waals surface area contributed by atoms with E-state index in [4.69, 9.17) is 4.74 Å². The molecule has 0 aromatic heterocycles. The van der Waals surface area contributed by atoms with E-state index in [-0.39, 0.29) is 10.6 Å². The monoisotopic (exact) mass is 498 g/mol. The Morgan fingerprint density at radius 1 is 0.943 bits per heavy atom. The molecule has 1 N–H and O–H groups in total. The van der Waals surface area contributed by atoms with Crippen LogP contribution >= 0.6 is 0 Å². The molecule has 35 heavy (non-hydrogen) atoms. The minimum atomic E-state index is -4.11. The number of sulfonamides is 1. The number of amides is 1. The molecule has 0 aliphatic heterocycles. The average molecular weight is 499 g/mol. The number of unbranched alkanes of at least 4 members (excludes halogenated alkanes) is 1. The van der Waals surface area contributed by atoms with E-state index in [1.54, 1.807) is 12.1 Å². The van der Waals surface area contributed by atoms with Gasteiger partial charge in [-0.2, -0.15) is 0 Å². The molecular formula is C26H27FN2O5S. The molecule has 1 amide bonds. The first kappa shape index (κ1) is 25.9. The number of aryl methyl sites for hydroxylation is 1. The fourth-order valence-corrected chi connectivity index (χ4v) is 4.59. The van der Waals surface area contributed by atoms with Gasteiger partial charge >= 0.3 is 5.97 Å². The van der Waals surface area contributed by atoms with E-state index >= 15 is 0 Å². The molecule has 0 fully saturated rings. The fourth-order valence-electron chi connectivity index (χ4n) is 3.17. The number of esters is 1. The van der Waals surface area contributed by atoms with Crippen LogP contribution in [0.1, 0.15) is 35.7 Å². The van der Waals surface area contributed by atoms with E-state index in [2.05, 4.69) is 5.32 Å². The lowest BCUT2D eigenvalue weighted by Crippen LogP contribution is -2.38. The molecule has 9 heteroatoms. The van der Waals surface area contributed by atoms with Crippen LogP contribution in [0.4, 0.5) is 15.8 Å². The normalized spacial score (nSPS) is 11.1. The third-order valence-corrected chi connectivity index (χ3v) is 6.93. The van der Waals surface area contributed by atoms with Crippen molar-refractivity contribution in [3.05, 3.63) is 89.7 Å². The molecule has 184 valence electrons. The van der Waals surface area contributed by atoms with E-state index in [9.17, 15) is 22.4 Å². The van der Waals surface area contributed by atoms with E-state index in [0.29, 0.717) is 17.9 Å². The molecule has 0 atom stereocenters. The summed E-state index contributed by atoms with van der Waals surface area (Å²) in [6, 6.07) is 17.2. The van der Waals surface area contributed by atoms with Crippen LogP contribution in [-0.4, -0.2) is 33.4 Å². The number of hydrogen-bond acceptors (Lipinski definition) is 5. The molecule has 3 rings (SSSR count). The third kappa shape index (κ3) is 6.89. The van der Waals surface area contributed by atoms with Crippen molar-refractivity contribution in [2.45, 2.75) is 31.6 Å². The maximum absolute atomic E-state index is 13.5. The highest BCUT2D eigenvalue weighted by Gasteiger charge is 2.27. The zero-order valence-electron chi connectivity index (χ0n) is 19.5. The van der Waals surface area contributed by atoms with E-state index in [1.165, 1.54) is 48.5 Å². The minimum Gasteiger partial charge on any atom is -0.462 e. The number of anilines is 2. The average Bonchev–Trinajstić information content (AvgIpc) is 2.84. The molecule has 3 aromatic carbocycles. The second-order valence-electron chi connectivity index (χ2n) is 7.92. The number of halogens is 1. The molecular weight excluding hydrogens is 471 g/mol. The molecule has 0 unspecified atom stereocenters. The Balaban J connectivity index is 1.77. The van der Waals surface area contributed by atoms with Gasteiger partial charge in [-0.1, -0.05) is 31.0 Å². The largest absolute Gasteiger partial charge is 0.462 e. The Morgan fingerprint density at radius 3 is 2.17 bits per heavy atom. The predicted octanol–water partition coefficient (Wildman–Crippen LogP) is 4.93. The highest BCUT2D eigenvalue weighted by molar-refractivity contribution is 7.92. The number of nitrogens with zero attached hydrogens (tertiary/aromatic N) is 1. The first-order valence-corrected chi connectivity index (χ1v) is 12.6. The van der Waals surface area contributed by atoms with Crippen LogP contribution in [0.5, 0.6) is 0 Å². The molecule has 7 nitrogen and oxygen atoms in total. The summed E-state index contributed by atoms with van der Waals surface area (Å²) in [6.07, 6.45) is 1.68. The Bertz CT molecular complexity index is 1260. The topological polar surface area (TPSA) is 92.8 Å². The van der Waals surface area contributed by atoms with Crippen LogP contribution in [0.25, 0.3) is 0 Å². The van der Waals surface area contributed by atoms with Crippen molar-refractivity contribution in [3.8, 4) is 0 Å². The number of ether oxygens (including phenoxy) is 1. The number of carbonyl (C=O) groups excluding carboxylic acids is 2. The van der Waals surface area contributed by atoms with Crippen molar-refractivity contribution in [1.82, 2.24) is 0 Å². The highest BCUT2D eigenvalue weighted by Crippen LogP contribution is 2.24. The SMILES string of the molecule is CCCCOC(=O)c1ccc(NC(=O)CN(c2ccc(F)cc2)S(=O)(=O)c2ccc(C)cc2)cc1. The molecule has 0 heterocycles. The maximum atomic E-state index is 13.5. The number of nitrogens with one attached hydrogen (secondary N) is 1. The standard InChI is InChI=1S/C26H27FN2O5S/c1-3-4-17-34-26(31)20-7-11-22(12-8-20)28-25(30)18-29(23-13-9-21(27)10-14-23)35(32,33)24-15-5-19(2)6-16-24/h5-16H,3-4,17-18H2,1-2H3,(H,28,30). The summed E-state index contributed by atoms with van der Waals surface area (Å²) in [6.45, 7) is 3.62. The third-order valence-electron chi connectivity index (χ3n) is 5.15. The highest BCUT2D eigenvalue weighted by atomic mass is 32.2. The van der Waals surface area contributed by atoms with Gasteiger partial charge in [0.25, 0.3) is 10.0 Å². The molecule has 0 radical (unpaired) electrons. The van der Waals surface area contributed by atoms with Gasteiger partial charge in [0.15, 0.2) is 0 Å². The quantitative estimate of drug-likeness (QED) is 0.316. The Hall–Kier alpha value is -3.72. The van der Waals surface area contributed by atoms with Crippen LogP contribution in [0, 0.1) is 12.7 Å². The number of rotatable bonds is 10. The van der Waals surface area contributed by atoms with Crippen LogP contribution < -0.4 is 9.62 Å². The Kier molecular flexibility index (Phi) is 8.59. The number of carbonyl (C=O) groups is 2. The summed E-state index contributed by atoms with van der Waals surface area (Å²) < 4.78 is 46.2. The summed E-state index contributed by atoms with van der Waals surface area (Å²) in [7, 11) is -4.11. The van der Waals surface area contributed by atoms with E-state index in [1.807, 2.05) is 13.8 Å². The van der Waals surface area contributed by atoms with Gasteiger partial charge in [0.1, 0.15) is 12.4 Å².